The largest absolute Gasteiger partial charge is 0.265 e. The zero-order valence-electron chi connectivity index (χ0n) is 36.5. The van der Waals surface area contributed by atoms with Crippen molar-refractivity contribution in [3.05, 3.63) is 252 Å². The molecule has 7 aromatic carbocycles. The fourth-order valence-corrected chi connectivity index (χ4v) is 9.96. The van der Waals surface area contributed by atoms with Crippen molar-refractivity contribution in [2.45, 2.75) is 11.8 Å². The highest BCUT2D eigenvalue weighted by molar-refractivity contribution is 5.77. The molecule has 0 fully saturated rings. The molecule has 8 nitrogen and oxygen atoms in total. The Hall–Kier alpha value is -9.14. The van der Waals surface area contributed by atoms with E-state index in [-0.39, 0.29) is 11.8 Å². The van der Waals surface area contributed by atoms with Crippen LogP contribution in [0.2, 0.25) is 0 Å². The molecule has 0 N–H and O–H groups in total. The Morgan fingerprint density at radius 2 is 0.515 bits per heavy atom. The number of benzene rings is 7. The maximum atomic E-state index is 5.20. The van der Waals surface area contributed by atoms with Gasteiger partial charge in [0.25, 0.3) is 0 Å². The topological polar surface area (TPSA) is 103 Å². The Balaban J connectivity index is 0.922. The minimum absolute atomic E-state index is 0.00636. The molecule has 0 saturated heterocycles. The molecule has 0 saturated carbocycles. The third-order valence-electron chi connectivity index (χ3n) is 13.2. The van der Waals surface area contributed by atoms with Crippen molar-refractivity contribution in [2.75, 3.05) is 0 Å². The second-order valence-electron chi connectivity index (χ2n) is 17.2. The van der Waals surface area contributed by atoms with Gasteiger partial charge in [0.1, 0.15) is 0 Å². The number of rotatable bonds is 8. The van der Waals surface area contributed by atoms with Crippen LogP contribution in [-0.2, 0) is 0 Å². The van der Waals surface area contributed by atoms with E-state index >= 15 is 0 Å². The van der Waals surface area contributed by atoms with Gasteiger partial charge < -0.3 is 0 Å². The van der Waals surface area contributed by atoms with Gasteiger partial charge in [-0.05, 0) is 104 Å². The number of aromatic nitrogens is 8. The van der Waals surface area contributed by atoms with Crippen LogP contribution in [0, 0.1) is 0 Å². The van der Waals surface area contributed by atoms with Gasteiger partial charge in [0.05, 0.1) is 0 Å². The summed E-state index contributed by atoms with van der Waals surface area (Å²) in [6.07, 6.45) is 7.25. The number of hydrogen-bond acceptors (Lipinski definition) is 8. The third-order valence-corrected chi connectivity index (χ3v) is 13.2. The summed E-state index contributed by atoms with van der Waals surface area (Å²) in [6.45, 7) is 0. The SMILES string of the molecule is c1ccc(-c2nc(-c3cccc(-c4ccncc4)c3)nc(-c3ccc4c(c3)C3c5ccccc5C4c4cc(-c5nc(-c6ccccc6)nc(-c6cccc(-c7ccncc7)c6)n5)ccc43)n2)cc1. The predicted octanol–water partition coefficient (Wildman–Crippen LogP) is 13.2. The lowest BCUT2D eigenvalue weighted by molar-refractivity contribution is 0.754. The number of nitrogens with zero attached hydrogens (tertiary/aromatic N) is 8. The molecule has 0 aliphatic heterocycles. The highest BCUT2D eigenvalue weighted by Crippen LogP contribution is 2.56. The Morgan fingerprint density at radius 1 is 0.206 bits per heavy atom. The molecule has 8 heteroatoms. The summed E-state index contributed by atoms with van der Waals surface area (Å²) < 4.78 is 0. The summed E-state index contributed by atoms with van der Waals surface area (Å²) in [4.78, 5) is 39.3. The van der Waals surface area contributed by atoms with Gasteiger partial charge in [-0.2, -0.15) is 0 Å². The molecule has 0 radical (unpaired) electrons. The highest BCUT2D eigenvalue weighted by atomic mass is 15.0. The summed E-state index contributed by atoms with van der Waals surface area (Å²) >= 11 is 0. The quantitative estimate of drug-likeness (QED) is 0.149. The molecule has 11 aromatic rings. The van der Waals surface area contributed by atoms with E-state index in [2.05, 4.69) is 119 Å². The van der Waals surface area contributed by atoms with Gasteiger partial charge in [-0.25, -0.2) is 29.9 Å². The zero-order valence-corrected chi connectivity index (χ0v) is 36.5. The van der Waals surface area contributed by atoms with Crippen LogP contribution >= 0.6 is 0 Å². The number of pyridine rings is 2. The maximum absolute atomic E-state index is 5.20. The van der Waals surface area contributed by atoms with E-state index < -0.39 is 0 Å². The summed E-state index contributed by atoms with van der Waals surface area (Å²) in [5.41, 5.74) is 17.6. The smallest absolute Gasteiger partial charge is 0.164 e. The van der Waals surface area contributed by atoms with Crippen molar-refractivity contribution in [3.63, 3.8) is 0 Å². The van der Waals surface area contributed by atoms with E-state index in [4.69, 9.17) is 29.9 Å². The van der Waals surface area contributed by atoms with Gasteiger partial charge in [-0.15, -0.1) is 0 Å². The molecule has 4 aromatic heterocycles. The van der Waals surface area contributed by atoms with Crippen molar-refractivity contribution in [1.29, 1.82) is 0 Å². The zero-order chi connectivity index (χ0) is 45.0. The molecule has 318 valence electrons. The molecule has 4 heterocycles. The van der Waals surface area contributed by atoms with Gasteiger partial charge in [0.2, 0.25) is 0 Å². The van der Waals surface area contributed by atoms with Crippen molar-refractivity contribution in [2.24, 2.45) is 0 Å². The second-order valence-corrected chi connectivity index (χ2v) is 17.2. The minimum atomic E-state index is 0.00636. The third kappa shape index (κ3) is 6.94. The van der Waals surface area contributed by atoms with E-state index in [1.165, 1.54) is 33.4 Å². The molecule has 2 bridgehead atoms. The van der Waals surface area contributed by atoms with Gasteiger partial charge in [-0.3, -0.25) is 9.97 Å². The van der Waals surface area contributed by atoms with Crippen molar-refractivity contribution >= 4 is 0 Å². The molecule has 3 aliphatic carbocycles. The van der Waals surface area contributed by atoms with Crippen LogP contribution < -0.4 is 0 Å². The van der Waals surface area contributed by atoms with Crippen molar-refractivity contribution in [1.82, 2.24) is 39.9 Å². The Labute approximate surface area is 392 Å². The van der Waals surface area contributed by atoms with Crippen molar-refractivity contribution in [3.8, 4) is 90.6 Å². The second kappa shape index (κ2) is 16.4. The lowest BCUT2D eigenvalue weighted by atomic mass is 9.61. The fraction of sp³-hybridized carbons (Fsp3) is 0.0333. The van der Waals surface area contributed by atoms with E-state index in [0.29, 0.717) is 34.9 Å². The number of hydrogen-bond donors (Lipinski definition) is 0. The molecule has 0 spiro atoms. The van der Waals surface area contributed by atoms with E-state index in [0.717, 1.165) is 55.6 Å². The van der Waals surface area contributed by atoms with Gasteiger partial charge in [-0.1, -0.05) is 146 Å². The molecule has 2 unspecified atom stereocenters. The first kappa shape index (κ1) is 39.2. The average Bonchev–Trinajstić information content (AvgIpc) is 3.43. The molecule has 68 heavy (non-hydrogen) atoms. The average molecular weight is 871 g/mol. The lowest BCUT2D eigenvalue weighted by Gasteiger charge is -2.42. The van der Waals surface area contributed by atoms with Crippen LogP contribution in [0.5, 0.6) is 0 Å². The lowest BCUT2D eigenvalue weighted by Crippen LogP contribution is -2.27. The monoisotopic (exact) mass is 870 g/mol. The molecule has 2 atom stereocenters. The summed E-state index contributed by atoms with van der Waals surface area (Å²) in [7, 11) is 0. The Morgan fingerprint density at radius 3 is 0.912 bits per heavy atom. The normalized spacial score (nSPS) is 14.2. The highest BCUT2D eigenvalue weighted by Gasteiger charge is 2.41. The molecular weight excluding hydrogens is 833 g/mol. The van der Waals surface area contributed by atoms with Crippen LogP contribution in [0.25, 0.3) is 90.6 Å². The molecular formula is C60H38N8. The van der Waals surface area contributed by atoms with Crippen molar-refractivity contribution < 1.29 is 0 Å². The summed E-state index contributed by atoms with van der Waals surface area (Å²) in [5, 5.41) is 0. The van der Waals surface area contributed by atoms with E-state index in [9.17, 15) is 0 Å². The van der Waals surface area contributed by atoms with Crippen LogP contribution in [0.1, 0.15) is 45.2 Å². The van der Waals surface area contributed by atoms with Crippen LogP contribution in [-0.4, -0.2) is 39.9 Å². The first-order valence-corrected chi connectivity index (χ1v) is 22.7. The van der Waals surface area contributed by atoms with Gasteiger partial charge >= 0.3 is 0 Å². The summed E-state index contributed by atoms with van der Waals surface area (Å²) in [6, 6.07) is 67.5. The maximum Gasteiger partial charge on any atom is 0.164 e. The molecule has 3 aliphatic rings. The molecule has 14 rings (SSSR count). The van der Waals surface area contributed by atoms with Crippen LogP contribution in [0.4, 0.5) is 0 Å². The Bertz CT molecular complexity index is 3450. The van der Waals surface area contributed by atoms with Crippen LogP contribution in [0.15, 0.2) is 219 Å². The standard InChI is InChI=1S/C60H38N8/c1-3-11-39(12-4-1)55-63-57(43-17-9-15-41(33-43)37-25-29-61-30-26-37)67-59(65-55)45-21-23-49-51(35-45)53-47-19-7-8-20-48(47)54(49)52-36-46(22-24-50(52)53)60-66-56(40-13-5-2-6-14-40)64-58(68-60)44-18-10-16-42(34-44)38-27-31-62-32-28-38/h1-36,53-54H. The minimum Gasteiger partial charge on any atom is -0.265 e. The first-order chi connectivity index (χ1) is 33.7. The van der Waals surface area contributed by atoms with E-state index in [1.807, 2.05) is 110 Å². The van der Waals surface area contributed by atoms with Gasteiger partial charge in [0.15, 0.2) is 34.9 Å². The van der Waals surface area contributed by atoms with Gasteiger partial charge in [0, 0.05) is 70.0 Å². The molecule has 0 amide bonds. The summed E-state index contributed by atoms with van der Waals surface area (Å²) in [5.74, 6) is 3.75. The fourth-order valence-electron chi connectivity index (χ4n) is 9.96. The Kier molecular flexibility index (Phi) is 9.45. The van der Waals surface area contributed by atoms with E-state index in [1.54, 1.807) is 0 Å². The predicted molar refractivity (Wildman–Crippen MR) is 267 cm³/mol. The van der Waals surface area contributed by atoms with Crippen LogP contribution in [0.3, 0.4) is 0 Å². The first-order valence-electron chi connectivity index (χ1n) is 22.7.